The summed E-state index contributed by atoms with van der Waals surface area (Å²) in [6, 6.07) is 2.27. The molecule has 0 bridgehead atoms. The van der Waals surface area contributed by atoms with Gasteiger partial charge in [-0.25, -0.2) is 0 Å². The number of hydrogen-bond donors (Lipinski definition) is 0. The number of aromatic nitrogens is 2. The van der Waals surface area contributed by atoms with E-state index in [0.29, 0.717) is 17.7 Å². The summed E-state index contributed by atoms with van der Waals surface area (Å²) >= 11 is 0. The van der Waals surface area contributed by atoms with E-state index < -0.39 is 0 Å². The van der Waals surface area contributed by atoms with Gasteiger partial charge in [0.05, 0.1) is 0 Å². The van der Waals surface area contributed by atoms with E-state index in [1.807, 2.05) is 10.7 Å². The lowest BCUT2D eigenvalue weighted by molar-refractivity contribution is 0.111. The van der Waals surface area contributed by atoms with Crippen molar-refractivity contribution in [1.29, 1.82) is 0 Å². The van der Waals surface area contributed by atoms with Crippen LogP contribution in [-0.2, 0) is 0 Å². The molecule has 0 unspecified atom stereocenters. The van der Waals surface area contributed by atoms with Crippen molar-refractivity contribution >= 4 is 6.29 Å². The molecule has 0 aliphatic heterocycles. The summed E-state index contributed by atoms with van der Waals surface area (Å²) in [4.78, 5) is 10.6. The van der Waals surface area contributed by atoms with Crippen LogP contribution in [0.5, 0.6) is 0 Å². The topological polar surface area (TPSA) is 34.9 Å². The Morgan fingerprint density at radius 2 is 2.31 bits per heavy atom. The molecular weight excluding hydrogens is 164 g/mol. The molecule has 1 fully saturated rings. The van der Waals surface area contributed by atoms with Crippen LogP contribution < -0.4 is 0 Å². The van der Waals surface area contributed by atoms with Gasteiger partial charge < -0.3 is 0 Å². The molecule has 0 N–H and O–H groups in total. The van der Waals surface area contributed by atoms with Gasteiger partial charge in [0, 0.05) is 17.7 Å². The predicted octanol–water partition coefficient (Wildman–Crippen LogP) is 2.15. The average Bonchev–Trinajstić information content (AvgIpc) is 2.84. The first-order valence-electron chi connectivity index (χ1n) is 4.77. The van der Waals surface area contributed by atoms with Crippen molar-refractivity contribution < 1.29 is 4.79 Å². The first kappa shape index (κ1) is 8.48. The van der Waals surface area contributed by atoms with E-state index >= 15 is 0 Å². The molecule has 1 aliphatic carbocycles. The zero-order chi connectivity index (χ0) is 9.42. The SMILES string of the molecule is CC(C)n1nc(C=O)cc1C1CC1. The lowest BCUT2D eigenvalue weighted by Gasteiger charge is -2.09. The third-order valence-electron chi connectivity index (χ3n) is 2.39. The minimum Gasteiger partial charge on any atom is -0.296 e. The van der Waals surface area contributed by atoms with Crippen LogP contribution in [-0.4, -0.2) is 16.1 Å². The van der Waals surface area contributed by atoms with Gasteiger partial charge >= 0.3 is 0 Å². The Hall–Kier alpha value is -1.12. The van der Waals surface area contributed by atoms with Gasteiger partial charge in [-0.3, -0.25) is 9.48 Å². The second-order valence-corrected chi connectivity index (χ2v) is 3.92. The number of nitrogens with zero attached hydrogens (tertiary/aromatic N) is 2. The molecule has 3 nitrogen and oxygen atoms in total. The number of carbonyl (C=O) groups is 1. The Kier molecular flexibility index (Phi) is 1.94. The molecule has 13 heavy (non-hydrogen) atoms. The molecular formula is C10H14N2O. The maximum Gasteiger partial charge on any atom is 0.170 e. The van der Waals surface area contributed by atoms with E-state index in [9.17, 15) is 4.79 Å². The lowest BCUT2D eigenvalue weighted by Crippen LogP contribution is -2.06. The minimum atomic E-state index is 0.351. The molecule has 0 amide bonds. The monoisotopic (exact) mass is 178 g/mol. The van der Waals surface area contributed by atoms with E-state index in [2.05, 4.69) is 18.9 Å². The normalized spacial score (nSPS) is 16.5. The van der Waals surface area contributed by atoms with Gasteiger partial charge in [0.1, 0.15) is 5.69 Å². The Balaban J connectivity index is 2.38. The van der Waals surface area contributed by atoms with E-state index in [1.165, 1.54) is 18.5 Å². The van der Waals surface area contributed by atoms with Crippen molar-refractivity contribution in [2.75, 3.05) is 0 Å². The predicted molar refractivity (Wildman–Crippen MR) is 50.0 cm³/mol. The summed E-state index contributed by atoms with van der Waals surface area (Å²) in [5, 5.41) is 4.24. The first-order valence-corrected chi connectivity index (χ1v) is 4.77. The Morgan fingerprint density at radius 1 is 1.62 bits per heavy atom. The maximum absolute atomic E-state index is 10.6. The quantitative estimate of drug-likeness (QED) is 0.665. The van der Waals surface area contributed by atoms with Crippen molar-refractivity contribution in [3.63, 3.8) is 0 Å². The first-order chi connectivity index (χ1) is 6.22. The van der Waals surface area contributed by atoms with Crippen molar-refractivity contribution in [2.45, 2.75) is 38.6 Å². The lowest BCUT2D eigenvalue weighted by atomic mass is 10.2. The van der Waals surface area contributed by atoms with E-state index in [-0.39, 0.29) is 0 Å². The largest absolute Gasteiger partial charge is 0.296 e. The molecule has 0 aromatic carbocycles. The van der Waals surface area contributed by atoms with Gasteiger partial charge in [-0.05, 0) is 32.8 Å². The number of rotatable bonds is 3. The Morgan fingerprint density at radius 3 is 2.77 bits per heavy atom. The smallest absolute Gasteiger partial charge is 0.170 e. The van der Waals surface area contributed by atoms with Crippen molar-refractivity contribution in [3.05, 3.63) is 17.5 Å². The van der Waals surface area contributed by atoms with Crippen LogP contribution in [0.25, 0.3) is 0 Å². The van der Waals surface area contributed by atoms with Crippen LogP contribution in [0.4, 0.5) is 0 Å². The molecule has 0 atom stereocenters. The van der Waals surface area contributed by atoms with E-state index in [1.54, 1.807) is 0 Å². The minimum absolute atomic E-state index is 0.351. The molecule has 3 heteroatoms. The molecule has 1 aliphatic rings. The summed E-state index contributed by atoms with van der Waals surface area (Å²) in [6.45, 7) is 4.18. The molecule has 1 aromatic rings. The highest BCUT2D eigenvalue weighted by atomic mass is 16.1. The number of aldehydes is 1. The van der Waals surface area contributed by atoms with Gasteiger partial charge in [-0.15, -0.1) is 0 Å². The molecule has 0 radical (unpaired) electrons. The van der Waals surface area contributed by atoms with E-state index in [4.69, 9.17) is 0 Å². The zero-order valence-corrected chi connectivity index (χ0v) is 8.03. The van der Waals surface area contributed by atoms with Crippen LogP contribution in [0.1, 0.15) is 54.8 Å². The summed E-state index contributed by atoms with van der Waals surface area (Å²) in [5.74, 6) is 0.656. The highest BCUT2D eigenvalue weighted by Gasteiger charge is 2.28. The van der Waals surface area contributed by atoms with Crippen LogP contribution >= 0.6 is 0 Å². The fourth-order valence-corrected chi connectivity index (χ4v) is 1.58. The Labute approximate surface area is 77.7 Å². The average molecular weight is 178 g/mol. The molecule has 1 aromatic heterocycles. The number of hydrogen-bond acceptors (Lipinski definition) is 2. The summed E-state index contributed by atoms with van der Waals surface area (Å²) in [6.07, 6.45) is 3.32. The Bertz CT molecular complexity index is 304. The third kappa shape index (κ3) is 1.50. The summed E-state index contributed by atoms with van der Waals surface area (Å²) in [7, 11) is 0. The van der Waals surface area contributed by atoms with Crippen LogP contribution in [0.2, 0.25) is 0 Å². The third-order valence-corrected chi connectivity index (χ3v) is 2.39. The van der Waals surface area contributed by atoms with Gasteiger partial charge in [0.15, 0.2) is 6.29 Å². The highest BCUT2D eigenvalue weighted by molar-refractivity contribution is 5.71. The van der Waals surface area contributed by atoms with Gasteiger partial charge in [-0.2, -0.15) is 5.10 Å². The van der Waals surface area contributed by atoms with Crippen molar-refractivity contribution in [3.8, 4) is 0 Å². The van der Waals surface area contributed by atoms with Gasteiger partial charge in [-0.1, -0.05) is 0 Å². The molecule has 1 heterocycles. The van der Waals surface area contributed by atoms with Gasteiger partial charge in [0.25, 0.3) is 0 Å². The number of carbonyl (C=O) groups excluding carboxylic acids is 1. The fourth-order valence-electron chi connectivity index (χ4n) is 1.58. The van der Waals surface area contributed by atoms with Crippen LogP contribution in [0.3, 0.4) is 0 Å². The van der Waals surface area contributed by atoms with Crippen molar-refractivity contribution in [1.82, 2.24) is 9.78 Å². The summed E-state index contributed by atoms with van der Waals surface area (Å²) in [5.41, 5.74) is 1.80. The van der Waals surface area contributed by atoms with E-state index in [0.717, 1.165) is 6.29 Å². The van der Waals surface area contributed by atoms with Crippen molar-refractivity contribution in [2.24, 2.45) is 0 Å². The highest BCUT2D eigenvalue weighted by Crippen LogP contribution is 2.40. The molecule has 70 valence electrons. The van der Waals surface area contributed by atoms with Crippen LogP contribution in [0.15, 0.2) is 6.07 Å². The second kappa shape index (κ2) is 2.98. The zero-order valence-electron chi connectivity index (χ0n) is 8.03. The molecule has 0 spiro atoms. The van der Waals surface area contributed by atoms with Crippen LogP contribution in [0, 0.1) is 0 Å². The fraction of sp³-hybridized carbons (Fsp3) is 0.600. The maximum atomic E-state index is 10.6. The molecule has 2 rings (SSSR count). The molecule has 1 saturated carbocycles. The molecule has 0 saturated heterocycles. The second-order valence-electron chi connectivity index (χ2n) is 3.92. The summed E-state index contributed by atoms with van der Waals surface area (Å²) < 4.78 is 1.97. The standard InChI is InChI=1S/C10H14N2O/c1-7(2)12-10(8-3-4-8)5-9(6-13)11-12/h5-8H,3-4H2,1-2H3. The van der Waals surface area contributed by atoms with Gasteiger partial charge in [0.2, 0.25) is 0 Å².